The van der Waals surface area contributed by atoms with Crippen LogP contribution in [-0.2, 0) is 14.3 Å². The Hall–Kier alpha value is -0.350. The van der Waals surface area contributed by atoms with Crippen LogP contribution in [0.1, 0.15) is 149 Å². The monoisotopic (exact) mass is 458 g/mol. The SMILES string of the molecule is CCCCCCCCC(=CCCCCCCCCOS(C)(=O)=O)CCCCCCCC. The fourth-order valence-electron chi connectivity index (χ4n) is 4.06. The highest BCUT2D eigenvalue weighted by Gasteiger charge is 2.01. The van der Waals surface area contributed by atoms with Crippen molar-refractivity contribution in [1.29, 1.82) is 0 Å². The van der Waals surface area contributed by atoms with Gasteiger partial charge in [0.05, 0.1) is 12.9 Å². The van der Waals surface area contributed by atoms with Crippen molar-refractivity contribution in [2.45, 2.75) is 149 Å². The van der Waals surface area contributed by atoms with E-state index in [-0.39, 0.29) is 0 Å². The first-order valence-corrected chi connectivity index (χ1v) is 15.3. The molecule has 0 aliphatic rings. The third-order valence-electron chi connectivity index (χ3n) is 6.03. The predicted molar refractivity (Wildman–Crippen MR) is 137 cm³/mol. The smallest absolute Gasteiger partial charge is 0.264 e. The fourth-order valence-corrected chi connectivity index (χ4v) is 4.48. The van der Waals surface area contributed by atoms with Crippen molar-refractivity contribution in [3.63, 3.8) is 0 Å². The van der Waals surface area contributed by atoms with E-state index in [4.69, 9.17) is 4.18 Å². The standard InChI is InChI=1S/C27H54O3S/c1-4-6-8-10-15-19-23-27(24-20-16-11-9-7-5-2)25-21-17-13-12-14-18-22-26-30-31(3,28)29/h25H,4-24,26H2,1-3H3. The molecule has 0 radical (unpaired) electrons. The van der Waals surface area contributed by atoms with Crippen molar-refractivity contribution < 1.29 is 12.6 Å². The van der Waals surface area contributed by atoms with Crippen molar-refractivity contribution in [2.24, 2.45) is 0 Å². The van der Waals surface area contributed by atoms with Gasteiger partial charge in [-0.1, -0.05) is 115 Å². The van der Waals surface area contributed by atoms with Crippen LogP contribution in [0.25, 0.3) is 0 Å². The van der Waals surface area contributed by atoms with E-state index in [9.17, 15) is 8.42 Å². The van der Waals surface area contributed by atoms with E-state index in [1.807, 2.05) is 0 Å². The summed E-state index contributed by atoms with van der Waals surface area (Å²) in [5.74, 6) is 0. The van der Waals surface area contributed by atoms with Crippen LogP contribution >= 0.6 is 0 Å². The number of hydrogen-bond donors (Lipinski definition) is 0. The van der Waals surface area contributed by atoms with Gasteiger partial charge < -0.3 is 0 Å². The van der Waals surface area contributed by atoms with Gasteiger partial charge in [-0.15, -0.1) is 0 Å². The normalized spacial score (nSPS) is 11.7. The van der Waals surface area contributed by atoms with Crippen LogP contribution in [0.2, 0.25) is 0 Å². The zero-order chi connectivity index (χ0) is 23.0. The second kappa shape index (κ2) is 22.8. The molecule has 0 heterocycles. The molecule has 31 heavy (non-hydrogen) atoms. The zero-order valence-electron chi connectivity index (χ0n) is 21.3. The van der Waals surface area contributed by atoms with Gasteiger partial charge in [0.2, 0.25) is 0 Å². The molecule has 0 unspecified atom stereocenters. The van der Waals surface area contributed by atoms with Crippen molar-refractivity contribution in [1.82, 2.24) is 0 Å². The van der Waals surface area contributed by atoms with E-state index in [0.717, 1.165) is 19.1 Å². The molecule has 3 nitrogen and oxygen atoms in total. The quantitative estimate of drug-likeness (QED) is 0.0822. The molecule has 4 heteroatoms. The van der Waals surface area contributed by atoms with Gasteiger partial charge in [0.15, 0.2) is 0 Å². The first-order valence-electron chi connectivity index (χ1n) is 13.5. The molecular weight excluding hydrogens is 404 g/mol. The molecule has 0 bridgehead atoms. The molecule has 0 aliphatic heterocycles. The molecule has 0 spiro atoms. The van der Waals surface area contributed by atoms with E-state index in [1.165, 1.54) is 122 Å². The molecule has 0 aromatic carbocycles. The maximum Gasteiger partial charge on any atom is 0.264 e. The molecule has 0 atom stereocenters. The van der Waals surface area contributed by atoms with Crippen LogP contribution in [-0.4, -0.2) is 21.3 Å². The van der Waals surface area contributed by atoms with Crippen LogP contribution in [0, 0.1) is 0 Å². The number of allylic oxidation sites excluding steroid dienone is 2. The van der Waals surface area contributed by atoms with E-state index >= 15 is 0 Å². The van der Waals surface area contributed by atoms with Crippen LogP contribution in [0.5, 0.6) is 0 Å². The highest BCUT2D eigenvalue weighted by atomic mass is 32.2. The first kappa shape index (κ1) is 30.6. The third-order valence-corrected chi connectivity index (χ3v) is 6.63. The summed E-state index contributed by atoms with van der Waals surface area (Å²) in [7, 11) is -3.27. The molecule has 0 aliphatic carbocycles. The fraction of sp³-hybridized carbons (Fsp3) is 0.926. The Morgan fingerprint density at radius 1 is 0.613 bits per heavy atom. The van der Waals surface area contributed by atoms with Crippen molar-refractivity contribution in [3.05, 3.63) is 11.6 Å². The van der Waals surface area contributed by atoms with Crippen LogP contribution in [0.4, 0.5) is 0 Å². The molecule has 186 valence electrons. The predicted octanol–water partition coefficient (Wildman–Crippen LogP) is 9.12. The molecule has 0 aromatic rings. The molecule has 0 amide bonds. The third kappa shape index (κ3) is 25.8. The Labute approximate surface area is 195 Å². The summed E-state index contributed by atoms with van der Waals surface area (Å²) in [6.45, 7) is 4.91. The average molecular weight is 459 g/mol. The zero-order valence-corrected chi connectivity index (χ0v) is 22.1. The average Bonchev–Trinajstić information content (AvgIpc) is 2.72. The largest absolute Gasteiger partial charge is 0.270 e. The van der Waals surface area contributed by atoms with E-state index < -0.39 is 10.1 Å². The lowest BCUT2D eigenvalue weighted by atomic mass is 9.98. The van der Waals surface area contributed by atoms with Crippen LogP contribution in [0.15, 0.2) is 11.6 Å². The Bertz CT molecular complexity index is 479. The van der Waals surface area contributed by atoms with Crippen molar-refractivity contribution in [3.8, 4) is 0 Å². The lowest BCUT2D eigenvalue weighted by Crippen LogP contribution is -2.03. The van der Waals surface area contributed by atoms with Gasteiger partial charge in [-0.2, -0.15) is 8.42 Å². The van der Waals surface area contributed by atoms with Crippen LogP contribution < -0.4 is 0 Å². The topological polar surface area (TPSA) is 43.4 Å². The van der Waals surface area contributed by atoms with Gasteiger partial charge in [0, 0.05) is 0 Å². The summed E-state index contributed by atoms with van der Waals surface area (Å²) < 4.78 is 26.6. The number of hydrogen-bond acceptors (Lipinski definition) is 3. The van der Waals surface area contributed by atoms with E-state index in [2.05, 4.69) is 19.9 Å². The minimum absolute atomic E-state index is 0.335. The molecule has 0 aromatic heterocycles. The lowest BCUT2D eigenvalue weighted by Gasteiger charge is -2.09. The Kier molecular flexibility index (Phi) is 22.6. The summed E-state index contributed by atoms with van der Waals surface area (Å²) >= 11 is 0. The highest BCUT2D eigenvalue weighted by molar-refractivity contribution is 7.85. The molecule has 0 saturated heterocycles. The summed E-state index contributed by atoms with van der Waals surface area (Å²) in [6, 6.07) is 0. The molecule has 0 rings (SSSR count). The Morgan fingerprint density at radius 2 is 1.03 bits per heavy atom. The maximum absolute atomic E-state index is 10.9. The molecular formula is C27H54O3S. The number of rotatable bonds is 24. The van der Waals surface area contributed by atoms with Gasteiger partial charge >= 0.3 is 0 Å². The van der Waals surface area contributed by atoms with E-state index in [1.54, 1.807) is 5.57 Å². The number of unbranched alkanes of at least 4 members (excludes halogenated alkanes) is 16. The lowest BCUT2D eigenvalue weighted by molar-refractivity contribution is 0.309. The van der Waals surface area contributed by atoms with Gasteiger partial charge in [-0.3, -0.25) is 4.18 Å². The second-order valence-corrected chi connectivity index (χ2v) is 11.0. The first-order chi connectivity index (χ1) is 15.0. The van der Waals surface area contributed by atoms with Gasteiger partial charge in [0.25, 0.3) is 10.1 Å². The van der Waals surface area contributed by atoms with Crippen molar-refractivity contribution >= 4 is 10.1 Å². The van der Waals surface area contributed by atoms with Gasteiger partial charge in [0.1, 0.15) is 0 Å². The summed E-state index contributed by atoms with van der Waals surface area (Å²) in [4.78, 5) is 0. The Balaban J connectivity index is 3.93. The van der Waals surface area contributed by atoms with Gasteiger partial charge in [-0.25, -0.2) is 0 Å². The second-order valence-electron chi connectivity index (χ2n) is 9.33. The van der Waals surface area contributed by atoms with Crippen LogP contribution in [0.3, 0.4) is 0 Å². The summed E-state index contributed by atoms with van der Waals surface area (Å²) in [5.41, 5.74) is 1.73. The minimum atomic E-state index is -3.27. The van der Waals surface area contributed by atoms with E-state index in [0.29, 0.717) is 6.61 Å². The highest BCUT2D eigenvalue weighted by Crippen LogP contribution is 2.20. The minimum Gasteiger partial charge on any atom is -0.270 e. The summed E-state index contributed by atoms with van der Waals surface area (Å²) in [6.07, 6.45) is 31.1. The maximum atomic E-state index is 10.9. The molecule has 0 saturated carbocycles. The van der Waals surface area contributed by atoms with Gasteiger partial charge in [-0.05, 0) is 44.9 Å². The Morgan fingerprint density at radius 3 is 1.52 bits per heavy atom. The molecule has 0 fully saturated rings. The van der Waals surface area contributed by atoms with Crippen molar-refractivity contribution in [2.75, 3.05) is 12.9 Å². The molecule has 0 N–H and O–H groups in total. The summed E-state index contributed by atoms with van der Waals surface area (Å²) in [5, 5.41) is 0.